The van der Waals surface area contributed by atoms with Crippen LogP contribution in [-0.4, -0.2) is 5.11 Å². The molecule has 0 fully saturated rings. The van der Waals surface area contributed by atoms with Crippen LogP contribution in [0.2, 0.25) is 5.02 Å². The van der Waals surface area contributed by atoms with Gasteiger partial charge in [-0.15, -0.1) is 0 Å². The topological polar surface area (TPSA) is 20.2 Å². The van der Waals surface area contributed by atoms with Crippen LogP contribution in [-0.2, 0) is 0 Å². The predicted octanol–water partition coefficient (Wildman–Crippen LogP) is 4.35. The highest BCUT2D eigenvalue weighted by Gasteiger charge is 2.13. The number of aliphatic hydroxyl groups is 1. The molecule has 0 radical (unpaired) electrons. The maximum atomic E-state index is 10.4. The number of aryl methyl sites for hydroxylation is 3. The fourth-order valence-electron chi connectivity index (χ4n) is 2.06. The van der Waals surface area contributed by atoms with E-state index in [0.717, 1.165) is 16.7 Å². The molecule has 0 amide bonds. The van der Waals surface area contributed by atoms with E-state index in [2.05, 4.69) is 13.8 Å². The van der Waals surface area contributed by atoms with Gasteiger partial charge in [-0.05, 0) is 60.7 Å². The van der Waals surface area contributed by atoms with Gasteiger partial charge in [0.1, 0.15) is 6.10 Å². The molecule has 94 valence electrons. The van der Waals surface area contributed by atoms with Crippen LogP contribution >= 0.6 is 11.6 Å². The lowest BCUT2D eigenvalue weighted by molar-refractivity contribution is 0.219. The Bertz CT molecular complexity index is 575. The van der Waals surface area contributed by atoms with E-state index in [1.807, 2.05) is 43.3 Å². The Hall–Kier alpha value is -1.31. The smallest absolute Gasteiger partial charge is 0.104 e. The van der Waals surface area contributed by atoms with E-state index < -0.39 is 6.10 Å². The van der Waals surface area contributed by atoms with Crippen molar-refractivity contribution in [1.29, 1.82) is 0 Å². The molecule has 0 spiro atoms. The van der Waals surface area contributed by atoms with Crippen LogP contribution in [0.5, 0.6) is 0 Å². The first kappa shape index (κ1) is 13.1. The summed E-state index contributed by atoms with van der Waals surface area (Å²) < 4.78 is 0. The summed E-state index contributed by atoms with van der Waals surface area (Å²) in [5, 5.41) is 11.1. The fraction of sp³-hybridized carbons (Fsp3) is 0.250. The number of hydrogen-bond donors (Lipinski definition) is 1. The molecule has 2 heteroatoms. The minimum absolute atomic E-state index is 0.596. The maximum absolute atomic E-state index is 10.4. The van der Waals surface area contributed by atoms with Crippen molar-refractivity contribution in [3.8, 4) is 0 Å². The first-order chi connectivity index (χ1) is 8.49. The van der Waals surface area contributed by atoms with E-state index in [9.17, 15) is 5.11 Å². The summed E-state index contributed by atoms with van der Waals surface area (Å²) in [6.45, 7) is 6.09. The van der Waals surface area contributed by atoms with Gasteiger partial charge < -0.3 is 5.11 Å². The lowest BCUT2D eigenvalue weighted by Crippen LogP contribution is -2.02. The van der Waals surface area contributed by atoms with Crippen molar-refractivity contribution >= 4 is 11.6 Å². The largest absolute Gasteiger partial charge is 0.384 e. The number of hydrogen-bond acceptors (Lipinski definition) is 1. The van der Waals surface area contributed by atoms with Crippen molar-refractivity contribution in [3.63, 3.8) is 0 Å². The Labute approximate surface area is 113 Å². The summed E-state index contributed by atoms with van der Waals surface area (Å²) >= 11 is 5.93. The second-order valence-electron chi connectivity index (χ2n) is 4.75. The molecule has 0 saturated heterocycles. The molecule has 1 atom stereocenters. The van der Waals surface area contributed by atoms with Crippen LogP contribution in [0.1, 0.15) is 33.9 Å². The average molecular weight is 261 g/mol. The summed E-state index contributed by atoms with van der Waals surface area (Å²) in [5.74, 6) is 0. The van der Waals surface area contributed by atoms with Gasteiger partial charge in [-0.2, -0.15) is 0 Å². The molecule has 1 unspecified atom stereocenters. The van der Waals surface area contributed by atoms with Crippen molar-refractivity contribution in [1.82, 2.24) is 0 Å². The first-order valence-corrected chi connectivity index (χ1v) is 6.38. The maximum Gasteiger partial charge on any atom is 0.104 e. The molecule has 2 aromatic rings. The second-order valence-corrected chi connectivity index (χ2v) is 5.18. The summed E-state index contributed by atoms with van der Waals surface area (Å²) in [7, 11) is 0. The van der Waals surface area contributed by atoms with Gasteiger partial charge in [0.05, 0.1) is 0 Å². The Morgan fingerprint density at radius 2 is 1.61 bits per heavy atom. The fourth-order valence-corrected chi connectivity index (χ4v) is 2.29. The summed E-state index contributed by atoms with van der Waals surface area (Å²) in [6, 6.07) is 11.6. The van der Waals surface area contributed by atoms with Crippen molar-refractivity contribution in [2.45, 2.75) is 26.9 Å². The van der Waals surface area contributed by atoms with Crippen molar-refractivity contribution in [2.75, 3.05) is 0 Å². The van der Waals surface area contributed by atoms with Crippen molar-refractivity contribution in [3.05, 3.63) is 69.2 Å². The van der Waals surface area contributed by atoms with E-state index in [4.69, 9.17) is 11.6 Å². The Morgan fingerprint density at radius 3 is 2.22 bits per heavy atom. The van der Waals surface area contributed by atoms with Gasteiger partial charge in [-0.1, -0.05) is 35.9 Å². The van der Waals surface area contributed by atoms with E-state index in [-0.39, 0.29) is 0 Å². The standard InChI is InChI=1S/C16H17ClO/c1-10-4-5-13(8-11(10)2)16(18)15-7-6-14(17)9-12(15)3/h4-9,16,18H,1-3H3. The number of halogens is 1. The molecule has 2 aromatic carbocycles. The van der Waals surface area contributed by atoms with Gasteiger partial charge in [-0.25, -0.2) is 0 Å². The van der Waals surface area contributed by atoms with Crippen LogP contribution in [0.25, 0.3) is 0 Å². The molecule has 18 heavy (non-hydrogen) atoms. The van der Waals surface area contributed by atoms with Gasteiger partial charge in [0.2, 0.25) is 0 Å². The van der Waals surface area contributed by atoms with Crippen LogP contribution in [0.3, 0.4) is 0 Å². The molecule has 0 aliphatic heterocycles. The zero-order chi connectivity index (χ0) is 13.3. The van der Waals surface area contributed by atoms with Gasteiger partial charge in [0.15, 0.2) is 0 Å². The highest BCUT2D eigenvalue weighted by atomic mass is 35.5. The van der Waals surface area contributed by atoms with Crippen LogP contribution < -0.4 is 0 Å². The first-order valence-electron chi connectivity index (χ1n) is 6.00. The van der Waals surface area contributed by atoms with E-state index in [0.29, 0.717) is 5.02 Å². The summed E-state index contributed by atoms with van der Waals surface area (Å²) in [4.78, 5) is 0. The molecule has 1 N–H and O–H groups in total. The molecule has 1 nitrogen and oxygen atoms in total. The quantitative estimate of drug-likeness (QED) is 0.851. The molecule has 0 aliphatic carbocycles. The molecule has 0 aromatic heterocycles. The molecular weight excluding hydrogens is 244 g/mol. The molecule has 0 bridgehead atoms. The minimum atomic E-state index is -0.596. The summed E-state index contributed by atoms with van der Waals surface area (Å²) in [5.41, 5.74) is 5.26. The Kier molecular flexibility index (Phi) is 3.74. The SMILES string of the molecule is Cc1ccc(C(O)c2ccc(Cl)cc2C)cc1C. The van der Waals surface area contributed by atoms with Crippen molar-refractivity contribution < 1.29 is 5.11 Å². The van der Waals surface area contributed by atoms with E-state index in [1.165, 1.54) is 11.1 Å². The van der Waals surface area contributed by atoms with Gasteiger partial charge in [-0.3, -0.25) is 0 Å². The highest BCUT2D eigenvalue weighted by molar-refractivity contribution is 6.30. The van der Waals surface area contributed by atoms with E-state index >= 15 is 0 Å². The van der Waals surface area contributed by atoms with Crippen LogP contribution in [0.4, 0.5) is 0 Å². The average Bonchev–Trinajstić information content (AvgIpc) is 2.32. The van der Waals surface area contributed by atoms with Crippen LogP contribution in [0.15, 0.2) is 36.4 Å². The molecule has 0 aliphatic rings. The number of aliphatic hydroxyl groups excluding tert-OH is 1. The zero-order valence-corrected chi connectivity index (χ0v) is 11.6. The zero-order valence-electron chi connectivity index (χ0n) is 10.9. The Balaban J connectivity index is 2.41. The highest BCUT2D eigenvalue weighted by Crippen LogP contribution is 2.27. The normalized spacial score (nSPS) is 12.5. The van der Waals surface area contributed by atoms with Gasteiger partial charge in [0, 0.05) is 5.02 Å². The molecular formula is C16H17ClO. The molecule has 0 saturated carbocycles. The molecule has 0 heterocycles. The monoisotopic (exact) mass is 260 g/mol. The van der Waals surface area contributed by atoms with Crippen molar-refractivity contribution in [2.24, 2.45) is 0 Å². The van der Waals surface area contributed by atoms with Crippen LogP contribution in [0, 0.1) is 20.8 Å². The number of rotatable bonds is 2. The van der Waals surface area contributed by atoms with Gasteiger partial charge >= 0.3 is 0 Å². The van der Waals surface area contributed by atoms with Gasteiger partial charge in [0.25, 0.3) is 0 Å². The summed E-state index contributed by atoms with van der Waals surface area (Å²) in [6.07, 6.45) is -0.596. The molecule has 2 rings (SSSR count). The third kappa shape index (κ3) is 2.58. The number of benzene rings is 2. The Morgan fingerprint density at radius 1 is 0.889 bits per heavy atom. The third-order valence-electron chi connectivity index (χ3n) is 3.37. The lowest BCUT2D eigenvalue weighted by atomic mass is 9.95. The second kappa shape index (κ2) is 5.13. The van der Waals surface area contributed by atoms with E-state index in [1.54, 1.807) is 0 Å². The third-order valence-corrected chi connectivity index (χ3v) is 3.61. The lowest BCUT2D eigenvalue weighted by Gasteiger charge is -2.15. The predicted molar refractivity (Wildman–Crippen MR) is 76.2 cm³/mol. The minimum Gasteiger partial charge on any atom is -0.384 e.